The monoisotopic (exact) mass is 297 g/mol. The molecule has 0 spiro atoms. The van der Waals surface area contributed by atoms with E-state index < -0.39 is 0 Å². The van der Waals surface area contributed by atoms with Gasteiger partial charge in [0, 0.05) is 19.0 Å². The fourth-order valence-corrected chi connectivity index (χ4v) is 2.88. The Balaban J connectivity index is 2.55. The first-order valence-corrected chi connectivity index (χ1v) is 7.40. The van der Waals surface area contributed by atoms with Crippen molar-refractivity contribution in [3.8, 4) is 0 Å². The maximum atomic E-state index is 12.8. The van der Waals surface area contributed by atoms with Gasteiger partial charge in [-0.1, -0.05) is 26.0 Å². The Hall–Kier alpha value is -2.43. The highest BCUT2D eigenvalue weighted by Crippen LogP contribution is 2.15. The summed E-state index contributed by atoms with van der Waals surface area (Å²) in [6, 6.07) is 7.31. The molecule has 0 saturated heterocycles. The molecular weight excluding hydrogens is 278 g/mol. The van der Waals surface area contributed by atoms with Crippen LogP contribution in [0.15, 0.2) is 33.9 Å². The zero-order valence-electron chi connectivity index (χ0n) is 13.3. The van der Waals surface area contributed by atoms with Gasteiger partial charge in [0.1, 0.15) is 11.2 Å². The molecule has 5 heteroatoms. The van der Waals surface area contributed by atoms with Crippen molar-refractivity contribution < 1.29 is 0 Å². The Morgan fingerprint density at radius 3 is 2.55 bits per heavy atom. The smallest absolute Gasteiger partial charge is 0.266 e. The zero-order valence-corrected chi connectivity index (χ0v) is 13.3. The number of fused-ring (bicyclic) bond motifs is 2. The standard InChI is InChI=1S/C17H19N3O2/c1-10(2)9-20-11(3)18-16-14(17(20)22)15(21)12-7-5-6-8-13(12)19(16)4/h5-8,10H,9H2,1-4H3. The molecule has 0 aliphatic carbocycles. The maximum Gasteiger partial charge on any atom is 0.266 e. The van der Waals surface area contributed by atoms with Crippen molar-refractivity contribution in [1.29, 1.82) is 0 Å². The highest BCUT2D eigenvalue weighted by Gasteiger charge is 2.16. The lowest BCUT2D eigenvalue weighted by Crippen LogP contribution is -2.30. The molecule has 0 fully saturated rings. The average Bonchev–Trinajstić information content (AvgIpc) is 2.48. The molecule has 22 heavy (non-hydrogen) atoms. The molecule has 0 bridgehead atoms. The van der Waals surface area contributed by atoms with Gasteiger partial charge in [-0.15, -0.1) is 0 Å². The Labute approximate surface area is 127 Å². The van der Waals surface area contributed by atoms with Crippen LogP contribution in [-0.4, -0.2) is 14.1 Å². The highest BCUT2D eigenvalue weighted by molar-refractivity contribution is 5.91. The number of benzene rings is 1. The van der Waals surface area contributed by atoms with E-state index in [0.717, 1.165) is 5.52 Å². The van der Waals surface area contributed by atoms with Gasteiger partial charge >= 0.3 is 0 Å². The van der Waals surface area contributed by atoms with E-state index in [9.17, 15) is 9.59 Å². The molecule has 3 rings (SSSR count). The van der Waals surface area contributed by atoms with Crippen molar-refractivity contribution in [3.05, 3.63) is 50.7 Å². The van der Waals surface area contributed by atoms with E-state index in [1.807, 2.05) is 50.6 Å². The Bertz CT molecular complexity index is 997. The fraction of sp³-hybridized carbons (Fsp3) is 0.353. The fourth-order valence-electron chi connectivity index (χ4n) is 2.88. The molecular formula is C17H19N3O2. The summed E-state index contributed by atoms with van der Waals surface area (Å²) in [4.78, 5) is 30.1. The zero-order chi connectivity index (χ0) is 16.0. The second-order valence-electron chi connectivity index (χ2n) is 6.07. The molecule has 0 aliphatic heterocycles. The van der Waals surface area contributed by atoms with Crippen molar-refractivity contribution in [1.82, 2.24) is 14.1 Å². The molecule has 2 heterocycles. The average molecular weight is 297 g/mol. The molecule has 3 aromatic rings. The summed E-state index contributed by atoms with van der Waals surface area (Å²) >= 11 is 0. The maximum absolute atomic E-state index is 12.8. The van der Waals surface area contributed by atoms with Gasteiger partial charge in [-0.2, -0.15) is 0 Å². The van der Waals surface area contributed by atoms with Crippen LogP contribution in [0.3, 0.4) is 0 Å². The van der Waals surface area contributed by atoms with Crippen LogP contribution in [0.2, 0.25) is 0 Å². The topological polar surface area (TPSA) is 56.9 Å². The van der Waals surface area contributed by atoms with Crippen LogP contribution in [0.25, 0.3) is 21.9 Å². The van der Waals surface area contributed by atoms with Crippen molar-refractivity contribution in [2.75, 3.05) is 0 Å². The number of nitrogens with zero attached hydrogens (tertiary/aromatic N) is 3. The molecule has 0 amide bonds. The largest absolute Gasteiger partial charge is 0.328 e. The number of hydrogen-bond acceptors (Lipinski definition) is 3. The van der Waals surface area contributed by atoms with Crippen LogP contribution in [0, 0.1) is 12.8 Å². The Morgan fingerprint density at radius 2 is 1.86 bits per heavy atom. The third-order valence-electron chi connectivity index (χ3n) is 3.94. The predicted octanol–water partition coefficient (Wildman–Crippen LogP) is 2.21. The summed E-state index contributed by atoms with van der Waals surface area (Å²) in [5.74, 6) is 0.941. The lowest BCUT2D eigenvalue weighted by molar-refractivity contribution is 0.497. The number of rotatable bonds is 2. The second-order valence-corrected chi connectivity index (χ2v) is 6.07. The van der Waals surface area contributed by atoms with E-state index in [1.165, 1.54) is 0 Å². The lowest BCUT2D eigenvalue weighted by atomic mass is 10.1. The van der Waals surface area contributed by atoms with Crippen LogP contribution >= 0.6 is 0 Å². The summed E-state index contributed by atoms with van der Waals surface area (Å²) in [7, 11) is 1.84. The Kier molecular flexibility index (Phi) is 3.35. The molecule has 0 aliphatic rings. The van der Waals surface area contributed by atoms with Crippen molar-refractivity contribution in [2.45, 2.75) is 27.3 Å². The lowest BCUT2D eigenvalue weighted by Gasteiger charge is -2.15. The SMILES string of the molecule is Cc1nc2c(c(=O)c3ccccc3n2C)c(=O)n1CC(C)C. The van der Waals surface area contributed by atoms with Crippen LogP contribution < -0.4 is 11.0 Å². The summed E-state index contributed by atoms with van der Waals surface area (Å²) in [5.41, 5.74) is 0.750. The highest BCUT2D eigenvalue weighted by atomic mass is 16.1. The number of aromatic nitrogens is 3. The van der Waals surface area contributed by atoms with Crippen LogP contribution in [0.1, 0.15) is 19.7 Å². The van der Waals surface area contributed by atoms with E-state index in [-0.39, 0.29) is 16.4 Å². The van der Waals surface area contributed by atoms with Gasteiger partial charge in [-0.25, -0.2) is 4.98 Å². The van der Waals surface area contributed by atoms with Gasteiger partial charge in [0.2, 0.25) is 5.43 Å². The first-order chi connectivity index (χ1) is 10.4. The third kappa shape index (κ3) is 2.04. The summed E-state index contributed by atoms with van der Waals surface area (Å²) < 4.78 is 3.42. The molecule has 1 aromatic carbocycles. The first kappa shape index (κ1) is 14.5. The molecule has 0 unspecified atom stereocenters. The minimum absolute atomic E-state index is 0.174. The van der Waals surface area contributed by atoms with E-state index in [0.29, 0.717) is 29.3 Å². The summed E-state index contributed by atoms with van der Waals surface area (Å²) in [5, 5.41) is 0.726. The molecule has 0 N–H and O–H groups in total. The quantitative estimate of drug-likeness (QED) is 0.681. The molecule has 0 atom stereocenters. The number of aryl methyl sites for hydroxylation is 2. The minimum Gasteiger partial charge on any atom is -0.328 e. The number of para-hydroxylation sites is 1. The van der Waals surface area contributed by atoms with Gasteiger partial charge in [0.15, 0.2) is 5.65 Å². The Morgan fingerprint density at radius 1 is 1.18 bits per heavy atom. The van der Waals surface area contributed by atoms with Crippen LogP contribution in [-0.2, 0) is 13.6 Å². The number of hydrogen-bond donors (Lipinski definition) is 0. The molecule has 0 saturated carbocycles. The van der Waals surface area contributed by atoms with E-state index in [1.54, 1.807) is 10.6 Å². The van der Waals surface area contributed by atoms with E-state index in [2.05, 4.69) is 4.98 Å². The minimum atomic E-state index is -0.248. The molecule has 0 radical (unpaired) electrons. The molecule has 5 nitrogen and oxygen atoms in total. The normalized spacial score (nSPS) is 11.7. The van der Waals surface area contributed by atoms with Gasteiger partial charge < -0.3 is 4.57 Å². The molecule has 114 valence electrons. The van der Waals surface area contributed by atoms with Crippen LogP contribution in [0.5, 0.6) is 0 Å². The number of pyridine rings is 1. The van der Waals surface area contributed by atoms with Gasteiger partial charge in [0.05, 0.1) is 5.52 Å². The molecule has 2 aromatic heterocycles. The van der Waals surface area contributed by atoms with Gasteiger partial charge in [0.25, 0.3) is 5.56 Å². The van der Waals surface area contributed by atoms with Gasteiger partial charge in [-0.3, -0.25) is 14.2 Å². The van der Waals surface area contributed by atoms with E-state index >= 15 is 0 Å². The van der Waals surface area contributed by atoms with Crippen molar-refractivity contribution in [2.24, 2.45) is 13.0 Å². The summed E-state index contributed by atoms with van der Waals surface area (Å²) in [6.07, 6.45) is 0. The van der Waals surface area contributed by atoms with Crippen molar-refractivity contribution in [3.63, 3.8) is 0 Å². The summed E-state index contributed by atoms with van der Waals surface area (Å²) in [6.45, 7) is 6.44. The van der Waals surface area contributed by atoms with Gasteiger partial charge in [-0.05, 0) is 25.0 Å². The van der Waals surface area contributed by atoms with E-state index in [4.69, 9.17) is 0 Å². The predicted molar refractivity (Wildman–Crippen MR) is 88.3 cm³/mol. The first-order valence-electron chi connectivity index (χ1n) is 7.40. The third-order valence-corrected chi connectivity index (χ3v) is 3.94. The van der Waals surface area contributed by atoms with Crippen molar-refractivity contribution >= 4 is 21.9 Å². The second kappa shape index (κ2) is 5.09. The van der Waals surface area contributed by atoms with Crippen LogP contribution in [0.4, 0.5) is 0 Å².